The fourth-order valence-electron chi connectivity index (χ4n) is 2.13. The van der Waals surface area contributed by atoms with Crippen molar-refractivity contribution in [2.75, 3.05) is 0 Å². The average Bonchev–Trinajstić information content (AvgIpc) is 2.72. The van der Waals surface area contributed by atoms with E-state index in [1.54, 1.807) is 11.8 Å². The number of hydrogen-bond donors (Lipinski definition) is 1. The molecule has 0 saturated heterocycles. The molecule has 0 atom stereocenters. The van der Waals surface area contributed by atoms with Gasteiger partial charge in [0.05, 0.1) is 5.02 Å². The topological polar surface area (TPSA) is 26.0 Å². The zero-order valence-electron chi connectivity index (χ0n) is 16.1. The molecule has 0 amide bonds. The van der Waals surface area contributed by atoms with Crippen LogP contribution < -0.4 is 5.73 Å². The van der Waals surface area contributed by atoms with Crippen molar-refractivity contribution in [1.82, 2.24) is 0 Å². The Bertz CT molecular complexity index is 791. The van der Waals surface area contributed by atoms with Gasteiger partial charge in [-0.05, 0) is 53.9 Å². The molecule has 0 aliphatic heterocycles. The van der Waals surface area contributed by atoms with Gasteiger partial charge in [0, 0.05) is 21.4 Å². The summed E-state index contributed by atoms with van der Waals surface area (Å²) in [6.45, 7) is 6.66. The first-order chi connectivity index (χ1) is 13.1. The number of hydrogen-bond acceptors (Lipinski definition) is 2. The van der Waals surface area contributed by atoms with Crippen molar-refractivity contribution in [3.05, 3.63) is 94.0 Å². The monoisotopic (exact) mass is 419 g/mol. The number of rotatable bonds is 4. The Morgan fingerprint density at radius 1 is 0.815 bits per heavy atom. The normalized spacial score (nSPS) is 9.56. The third-order valence-corrected chi connectivity index (χ3v) is 5.24. The van der Waals surface area contributed by atoms with E-state index in [0.29, 0.717) is 6.54 Å². The first kappa shape index (κ1) is 23.6. The van der Waals surface area contributed by atoms with Gasteiger partial charge in [-0.1, -0.05) is 92.1 Å². The van der Waals surface area contributed by atoms with E-state index in [0.717, 1.165) is 26.9 Å². The minimum absolute atomic E-state index is 0.541. The molecule has 3 aromatic carbocycles. The van der Waals surface area contributed by atoms with Crippen LogP contribution in [0.15, 0.2) is 82.6 Å². The molecule has 0 unspecified atom stereocenters. The summed E-state index contributed by atoms with van der Waals surface area (Å²) in [4.78, 5) is 2.23. The van der Waals surface area contributed by atoms with E-state index in [4.69, 9.17) is 28.9 Å². The van der Waals surface area contributed by atoms with Crippen molar-refractivity contribution in [2.24, 2.45) is 5.73 Å². The molecule has 0 radical (unpaired) electrons. The lowest BCUT2D eigenvalue weighted by Crippen LogP contribution is -1.95. The Balaban J connectivity index is 0.000000282. The van der Waals surface area contributed by atoms with Crippen LogP contribution in [0.5, 0.6) is 0 Å². The number of benzene rings is 3. The highest BCUT2D eigenvalue weighted by atomic mass is 35.5. The molecule has 2 N–H and O–H groups in total. The zero-order chi connectivity index (χ0) is 20.1. The highest BCUT2D eigenvalue weighted by molar-refractivity contribution is 7.99. The second kappa shape index (κ2) is 13.7. The van der Waals surface area contributed by atoms with E-state index in [-0.39, 0.29) is 0 Å². The van der Waals surface area contributed by atoms with Gasteiger partial charge in [0.15, 0.2) is 0 Å². The summed E-state index contributed by atoms with van der Waals surface area (Å²) >= 11 is 13.5. The van der Waals surface area contributed by atoms with E-state index in [2.05, 4.69) is 25.1 Å². The van der Waals surface area contributed by atoms with Crippen molar-refractivity contribution >= 4 is 35.0 Å². The highest BCUT2D eigenvalue weighted by Crippen LogP contribution is 2.33. The summed E-state index contributed by atoms with van der Waals surface area (Å²) in [6.07, 6.45) is 1.06. The second-order valence-corrected chi connectivity index (χ2v) is 7.33. The zero-order valence-corrected chi connectivity index (χ0v) is 18.4. The van der Waals surface area contributed by atoms with E-state index in [9.17, 15) is 0 Å². The second-order valence-electron chi connectivity index (χ2n) is 5.37. The SMILES string of the molecule is CC.CCc1cccc(Cl)c1.NCc1ccc(Cl)c(Sc2ccccc2)c1. The predicted molar refractivity (Wildman–Crippen MR) is 122 cm³/mol. The Morgan fingerprint density at radius 2 is 1.52 bits per heavy atom. The standard InChI is InChI=1S/C13H12ClNS.C8H9Cl.C2H6/c14-12-7-6-10(9-15)8-13(12)16-11-4-2-1-3-5-11;1-2-7-4-3-5-8(9)6-7;1-2/h1-8H,9,15H2;3-6H,2H2,1H3;1-2H3. The fraction of sp³-hybridized carbons (Fsp3) is 0.217. The highest BCUT2D eigenvalue weighted by Gasteiger charge is 2.03. The van der Waals surface area contributed by atoms with E-state index < -0.39 is 0 Å². The molecule has 0 heterocycles. The maximum atomic E-state index is 6.14. The molecule has 1 nitrogen and oxygen atoms in total. The van der Waals surface area contributed by atoms with Crippen LogP contribution in [0.1, 0.15) is 31.9 Å². The van der Waals surface area contributed by atoms with Gasteiger partial charge in [-0.2, -0.15) is 0 Å². The fourth-order valence-corrected chi connectivity index (χ4v) is 3.49. The van der Waals surface area contributed by atoms with Crippen LogP contribution in [0, 0.1) is 0 Å². The minimum atomic E-state index is 0.541. The van der Waals surface area contributed by atoms with Gasteiger partial charge in [-0.3, -0.25) is 0 Å². The lowest BCUT2D eigenvalue weighted by atomic mass is 10.2. The van der Waals surface area contributed by atoms with Crippen molar-refractivity contribution in [3.8, 4) is 0 Å². The molecular formula is C23H27Cl2NS. The van der Waals surface area contributed by atoms with Gasteiger partial charge in [0.1, 0.15) is 0 Å². The first-order valence-corrected chi connectivity index (χ1v) is 10.7. The van der Waals surface area contributed by atoms with Gasteiger partial charge >= 0.3 is 0 Å². The summed E-state index contributed by atoms with van der Waals surface area (Å²) in [5, 5.41) is 1.60. The maximum absolute atomic E-state index is 6.14. The van der Waals surface area contributed by atoms with Gasteiger partial charge in [-0.25, -0.2) is 0 Å². The molecule has 4 heteroatoms. The Labute approximate surface area is 177 Å². The molecule has 144 valence electrons. The maximum Gasteiger partial charge on any atom is 0.0545 e. The van der Waals surface area contributed by atoms with Crippen molar-refractivity contribution in [2.45, 2.75) is 43.5 Å². The molecule has 0 fully saturated rings. The number of halogens is 2. The summed E-state index contributed by atoms with van der Waals surface area (Å²) < 4.78 is 0. The average molecular weight is 420 g/mol. The van der Waals surface area contributed by atoms with E-state index >= 15 is 0 Å². The Kier molecular flexibility index (Phi) is 12.0. The summed E-state index contributed by atoms with van der Waals surface area (Å²) in [5.41, 5.74) is 8.00. The number of nitrogens with two attached hydrogens (primary N) is 1. The Morgan fingerprint density at radius 3 is 2.07 bits per heavy atom. The molecule has 3 aromatic rings. The van der Waals surface area contributed by atoms with Gasteiger partial charge in [0.25, 0.3) is 0 Å². The molecular weight excluding hydrogens is 393 g/mol. The minimum Gasteiger partial charge on any atom is -0.326 e. The van der Waals surface area contributed by atoms with Crippen LogP contribution in [0.25, 0.3) is 0 Å². The van der Waals surface area contributed by atoms with Gasteiger partial charge < -0.3 is 5.73 Å². The van der Waals surface area contributed by atoms with Crippen LogP contribution in [0.2, 0.25) is 10.0 Å². The van der Waals surface area contributed by atoms with Crippen LogP contribution in [-0.2, 0) is 13.0 Å². The van der Waals surface area contributed by atoms with E-state index in [1.807, 2.05) is 68.4 Å². The molecule has 3 rings (SSSR count). The Hall–Kier alpha value is -1.45. The lowest BCUT2D eigenvalue weighted by Gasteiger charge is -2.06. The van der Waals surface area contributed by atoms with Crippen LogP contribution in [-0.4, -0.2) is 0 Å². The molecule has 0 saturated carbocycles. The van der Waals surface area contributed by atoms with Crippen LogP contribution >= 0.6 is 35.0 Å². The lowest BCUT2D eigenvalue weighted by molar-refractivity contribution is 1.06. The van der Waals surface area contributed by atoms with E-state index in [1.165, 1.54) is 10.5 Å². The third kappa shape index (κ3) is 8.85. The van der Waals surface area contributed by atoms with Crippen LogP contribution in [0.4, 0.5) is 0 Å². The number of aryl methyl sites for hydroxylation is 1. The first-order valence-electron chi connectivity index (χ1n) is 9.08. The molecule has 0 bridgehead atoms. The summed E-state index contributed by atoms with van der Waals surface area (Å²) in [5.74, 6) is 0. The van der Waals surface area contributed by atoms with Crippen molar-refractivity contribution in [1.29, 1.82) is 0 Å². The quantitative estimate of drug-likeness (QED) is 0.465. The van der Waals surface area contributed by atoms with Crippen molar-refractivity contribution < 1.29 is 0 Å². The smallest absolute Gasteiger partial charge is 0.0545 e. The summed E-state index contributed by atoms with van der Waals surface area (Å²) in [6, 6.07) is 24.0. The predicted octanol–water partition coefficient (Wildman–Crippen LogP) is 7.88. The molecule has 0 spiro atoms. The molecule has 0 aliphatic rings. The molecule has 0 aromatic heterocycles. The van der Waals surface area contributed by atoms with Gasteiger partial charge in [0.2, 0.25) is 0 Å². The van der Waals surface area contributed by atoms with Gasteiger partial charge in [-0.15, -0.1) is 0 Å². The largest absolute Gasteiger partial charge is 0.326 e. The summed E-state index contributed by atoms with van der Waals surface area (Å²) in [7, 11) is 0. The van der Waals surface area contributed by atoms with Crippen LogP contribution in [0.3, 0.4) is 0 Å². The molecule has 0 aliphatic carbocycles. The van der Waals surface area contributed by atoms with Crippen molar-refractivity contribution in [3.63, 3.8) is 0 Å². The molecule has 27 heavy (non-hydrogen) atoms. The third-order valence-electron chi connectivity index (χ3n) is 3.50.